The predicted molar refractivity (Wildman–Crippen MR) is 107 cm³/mol. The number of hydrogen-bond donors (Lipinski definition) is 2. The summed E-state index contributed by atoms with van der Waals surface area (Å²) in [5, 5.41) is 27.5. The Morgan fingerprint density at radius 1 is 0.812 bits per heavy atom. The quantitative estimate of drug-likeness (QED) is 0.465. The van der Waals surface area contributed by atoms with Crippen LogP contribution < -0.4 is 10.6 Å². The highest BCUT2D eigenvalue weighted by Gasteiger charge is 2.15. The molecule has 0 bridgehead atoms. The smallest absolute Gasteiger partial charge is 0.315 e. The minimum atomic E-state index is -0.567. The number of aromatic nitrogens is 8. The fraction of sp³-hybridized carbons (Fsp3) is 0.211. The third-order valence-electron chi connectivity index (χ3n) is 4.55. The molecule has 0 radical (unpaired) electrons. The van der Waals surface area contributed by atoms with Crippen molar-refractivity contribution in [1.29, 1.82) is 0 Å². The average Bonchev–Trinajstić information content (AvgIpc) is 3.40. The van der Waals surface area contributed by atoms with Crippen molar-refractivity contribution < 1.29 is 13.6 Å². The summed E-state index contributed by atoms with van der Waals surface area (Å²) in [5.41, 5.74) is 1.84. The summed E-state index contributed by atoms with van der Waals surface area (Å²) in [5.74, 6) is -0.514. The number of rotatable bonds is 6. The third kappa shape index (κ3) is 4.40. The van der Waals surface area contributed by atoms with E-state index in [0.29, 0.717) is 0 Å². The second kappa shape index (κ2) is 8.83. The van der Waals surface area contributed by atoms with Gasteiger partial charge in [0.25, 0.3) is 0 Å². The van der Waals surface area contributed by atoms with Crippen molar-refractivity contribution in [3.63, 3.8) is 0 Å². The van der Waals surface area contributed by atoms with Crippen molar-refractivity contribution in [1.82, 2.24) is 51.0 Å². The van der Waals surface area contributed by atoms with Crippen molar-refractivity contribution in [2.45, 2.75) is 26.9 Å². The summed E-state index contributed by atoms with van der Waals surface area (Å²) in [6.45, 7) is 3.40. The van der Waals surface area contributed by atoms with E-state index in [2.05, 4.69) is 41.7 Å². The lowest BCUT2D eigenvalue weighted by atomic mass is 10.2. The molecule has 32 heavy (non-hydrogen) atoms. The van der Waals surface area contributed by atoms with Crippen LogP contribution in [0.5, 0.6) is 0 Å². The standard InChI is InChI=1S/C19H18F2N10O/c1-11-3-5-15(13(20)7-11)30-17(24-26-28-30)9-22-19(32)23-10-18-25-27-29-31(18)16-6-4-12(2)8-14(16)21/h3-8H,9-10H2,1-2H3,(H2,22,23,32). The Bertz CT molecular complexity index is 1170. The molecule has 4 aromatic rings. The molecule has 2 heterocycles. The number of amides is 2. The van der Waals surface area contributed by atoms with Crippen molar-refractivity contribution >= 4 is 6.03 Å². The molecule has 2 amide bonds. The first-order valence-electron chi connectivity index (χ1n) is 9.51. The summed E-state index contributed by atoms with van der Waals surface area (Å²) < 4.78 is 30.9. The summed E-state index contributed by atoms with van der Waals surface area (Å²) in [4.78, 5) is 12.2. The van der Waals surface area contributed by atoms with Gasteiger partial charge in [-0.25, -0.2) is 13.6 Å². The molecule has 164 valence electrons. The Kier molecular flexibility index (Phi) is 5.79. The maximum atomic E-state index is 14.2. The molecule has 0 atom stereocenters. The average molecular weight is 440 g/mol. The maximum Gasteiger partial charge on any atom is 0.315 e. The minimum absolute atomic E-state index is 0.0658. The zero-order valence-corrected chi connectivity index (χ0v) is 17.1. The van der Waals surface area contributed by atoms with Crippen LogP contribution >= 0.6 is 0 Å². The lowest BCUT2D eigenvalue weighted by Crippen LogP contribution is -2.36. The van der Waals surface area contributed by atoms with Crippen LogP contribution in [0.2, 0.25) is 0 Å². The van der Waals surface area contributed by atoms with E-state index in [0.717, 1.165) is 11.1 Å². The number of carbonyl (C=O) groups is 1. The number of tetrazole rings is 2. The van der Waals surface area contributed by atoms with Crippen molar-refractivity contribution in [2.24, 2.45) is 0 Å². The Morgan fingerprint density at radius 3 is 1.66 bits per heavy atom. The Labute approximate surface area is 180 Å². The van der Waals surface area contributed by atoms with Crippen LogP contribution in [0.25, 0.3) is 11.4 Å². The van der Waals surface area contributed by atoms with Gasteiger partial charge in [0, 0.05) is 0 Å². The van der Waals surface area contributed by atoms with Gasteiger partial charge in [-0.2, -0.15) is 9.36 Å². The minimum Gasteiger partial charge on any atom is -0.331 e. The molecule has 0 aliphatic rings. The molecule has 11 nitrogen and oxygen atoms in total. The van der Waals surface area contributed by atoms with Gasteiger partial charge in [0.2, 0.25) is 0 Å². The molecule has 0 unspecified atom stereocenters. The van der Waals surface area contributed by atoms with Gasteiger partial charge in [0.15, 0.2) is 11.6 Å². The molecule has 0 saturated carbocycles. The number of nitrogens with zero attached hydrogens (tertiary/aromatic N) is 8. The molecule has 4 rings (SSSR count). The molecule has 0 spiro atoms. The first-order valence-corrected chi connectivity index (χ1v) is 9.51. The third-order valence-corrected chi connectivity index (χ3v) is 4.55. The number of nitrogens with one attached hydrogen (secondary N) is 2. The molecule has 0 fully saturated rings. The molecule has 0 saturated heterocycles. The molecule has 2 N–H and O–H groups in total. The SMILES string of the molecule is Cc1ccc(-n2nnnc2CNC(=O)NCc2nnnn2-c2ccc(C)cc2F)c(F)c1. The van der Waals surface area contributed by atoms with Gasteiger partial charge in [-0.1, -0.05) is 12.1 Å². The van der Waals surface area contributed by atoms with E-state index in [-0.39, 0.29) is 36.1 Å². The Morgan fingerprint density at radius 2 is 1.25 bits per heavy atom. The van der Waals surface area contributed by atoms with Gasteiger partial charge >= 0.3 is 6.03 Å². The molecule has 0 aliphatic carbocycles. The summed E-state index contributed by atoms with van der Waals surface area (Å²) in [7, 11) is 0. The zero-order chi connectivity index (χ0) is 22.7. The van der Waals surface area contributed by atoms with Crippen LogP contribution in [-0.4, -0.2) is 46.4 Å². The normalized spacial score (nSPS) is 10.9. The summed E-state index contributed by atoms with van der Waals surface area (Å²) >= 11 is 0. The van der Waals surface area contributed by atoms with Gasteiger partial charge < -0.3 is 10.6 Å². The summed E-state index contributed by atoms with van der Waals surface area (Å²) in [6, 6.07) is 8.71. The van der Waals surface area contributed by atoms with Crippen molar-refractivity contribution in [3.05, 3.63) is 70.8 Å². The number of urea groups is 1. The first-order chi connectivity index (χ1) is 15.4. The molecular formula is C19H18F2N10O. The largest absolute Gasteiger partial charge is 0.331 e. The number of carbonyl (C=O) groups excluding carboxylic acids is 1. The predicted octanol–water partition coefficient (Wildman–Crippen LogP) is 1.53. The van der Waals surface area contributed by atoms with Crippen LogP contribution in [0.15, 0.2) is 36.4 Å². The highest BCUT2D eigenvalue weighted by molar-refractivity contribution is 5.73. The van der Waals surface area contributed by atoms with E-state index in [1.54, 1.807) is 38.1 Å². The molecular weight excluding hydrogens is 422 g/mol. The molecule has 2 aromatic heterocycles. The van der Waals surface area contributed by atoms with E-state index in [9.17, 15) is 13.6 Å². The first kappa shape index (κ1) is 21.0. The lowest BCUT2D eigenvalue weighted by Gasteiger charge is -2.09. The van der Waals surface area contributed by atoms with Crippen LogP contribution in [0.1, 0.15) is 22.8 Å². The van der Waals surface area contributed by atoms with E-state index in [4.69, 9.17) is 0 Å². The van der Waals surface area contributed by atoms with Crippen LogP contribution in [-0.2, 0) is 13.1 Å². The second-order valence-electron chi connectivity index (χ2n) is 6.96. The number of benzene rings is 2. The number of hydrogen-bond acceptors (Lipinski definition) is 7. The topological polar surface area (TPSA) is 128 Å². The number of aryl methyl sites for hydroxylation is 2. The Hall–Kier alpha value is -4.29. The highest BCUT2D eigenvalue weighted by Crippen LogP contribution is 2.16. The molecule has 13 heteroatoms. The van der Waals surface area contributed by atoms with Gasteiger partial charge in [0.1, 0.15) is 23.0 Å². The van der Waals surface area contributed by atoms with Crippen LogP contribution in [0, 0.1) is 25.5 Å². The Balaban J connectivity index is 1.39. The van der Waals surface area contributed by atoms with Crippen molar-refractivity contribution in [2.75, 3.05) is 0 Å². The maximum absolute atomic E-state index is 14.2. The van der Waals surface area contributed by atoms with E-state index >= 15 is 0 Å². The lowest BCUT2D eigenvalue weighted by molar-refractivity contribution is 0.239. The monoisotopic (exact) mass is 440 g/mol. The number of halogens is 2. The van der Waals surface area contributed by atoms with E-state index < -0.39 is 17.7 Å². The second-order valence-corrected chi connectivity index (χ2v) is 6.96. The van der Waals surface area contributed by atoms with Gasteiger partial charge in [-0.15, -0.1) is 10.2 Å². The fourth-order valence-corrected chi connectivity index (χ4v) is 2.95. The van der Waals surface area contributed by atoms with E-state index in [1.807, 2.05) is 0 Å². The fourth-order valence-electron chi connectivity index (χ4n) is 2.95. The van der Waals surface area contributed by atoms with Crippen LogP contribution in [0.3, 0.4) is 0 Å². The van der Waals surface area contributed by atoms with Gasteiger partial charge in [0.05, 0.1) is 13.1 Å². The van der Waals surface area contributed by atoms with Gasteiger partial charge in [-0.3, -0.25) is 0 Å². The van der Waals surface area contributed by atoms with Crippen LogP contribution in [0.4, 0.5) is 13.6 Å². The van der Waals surface area contributed by atoms with Crippen molar-refractivity contribution in [3.8, 4) is 11.4 Å². The van der Waals surface area contributed by atoms with E-state index in [1.165, 1.54) is 21.5 Å². The van der Waals surface area contributed by atoms with Gasteiger partial charge in [-0.05, 0) is 70.1 Å². The molecule has 0 aliphatic heterocycles. The zero-order valence-electron chi connectivity index (χ0n) is 17.1. The molecule has 2 aromatic carbocycles. The summed E-state index contributed by atoms with van der Waals surface area (Å²) in [6.07, 6.45) is 0. The highest BCUT2D eigenvalue weighted by atomic mass is 19.1.